The predicted octanol–water partition coefficient (Wildman–Crippen LogP) is 7.07. The van der Waals surface area contributed by atoms with E-state index in [1.807, 2.05) is 30.3 Å². The monoisotopic (exact) mass is 371 g/mol. The van der Waals surface area contributed by atoms with E-state index >= 15 is 0 Å². The molecule has 0 saturated heterocycles. The minimum absolute atomic E-state index is 0.300. The van der Waals surface area contributed by atoms with Gasteiger partial charge in [0.15, 0.2) is 0 Å². The Bertz CT molecular complexity index is 1570. The summed E-state index contributed by atoms with van der Waals surface area (Å²) in [6.07, 6.45) is 0. The number of nitrogens with zero attached hydrogens (tertiary/aromatic N) is 1. The highest BCUT2D eigenvalue weighted by atomic mass is 16.3. The minimum atomic E-state index is 0.300. The first-order valence-corrected chi connectivity index (χ1v) is 9.72. The van der Waals surface area contributed by atoms with Crippen LogP contribution >= 0.6 is 0 Å². The van der Waals surface area contributed by atoms with Gasteiger partial charge in [0.25, 0.3) is 0 Å². The third-order valence-electron chi connectivity index (χ3n) is 5.71. The molecular weight excluding hydrogens is 354 g/mol. The molecule has 136 valence electrons. The summed E-state index contributed by atoms with van der Waals surface area (Å²) < 4.78 is 0. The number of hydrogen-bond acceptors (Lipinski definition) is 2. The highest BCUT2D eigenvalue weighted by Gasteiger charge is 2.15. The van der Waals surface area contributed by atoms with Gasteiger partial charge in [-0.05, 0) is 34.4 Å². The van der Waals surface area contributed by atoms with Crippen LogP contribution < -0.4 is 0 Å². The number of aromatic nitrogens is 1. The summed E-state index contributed by atoms with van der Waals surface area (Å²) in [4.78, 5) is 5.04. The predicted molar refractivity (Wildman–Crippen MR) is 121 cm³/mol. The molecule has 1 aromatic heterocycles. The molecule has 0 radical (unpaired) electrons. The van der Waals surface area contributed by atoms with E-state index in [-0.39, 0.29) is 0 Å². The summed E-state index contributed by atoms with van der Waals surface area (Å²) in [5.41, 5.74) is 2.95. The van der Waals surface area contributed by atoms with Gasteiger partial charge in [0.1, 0.15) is 5.75 Å². The van der Waals surface area contributed by atoms with E-state index in [0.717, 1.165) is 43.7 Å². The standard InChI is InChI=1S/C27H17NO/c29-24-11-5-8-18-14-15-22-26(25(18)24)21-9-3-4-10-23(21)28-27(22)20-13-12-17-6-1-2-7-19(17)16-20/h1-16,29H. The summed E-state index contributed by atoms with van der Waals surface area (Å²) in [7, 11) is 0. The topological polar surface area (TPSA) is 33.1 Å². The Kier molecular flexibility index (Phi) is 3.35. The Morgan fingerprint density at radius 3 is 2.24 bits per heavy atom. The second-order valence-electron chi connectivity index (χ2n) is 7.40. The summed E-state index contributed by atoms with van der Waals surface area (Å²) in [6.45, 7) is 0. The highest BCUT2D eigenvalue weighted by Crippen LogP contribution is 2.40. The van der Waals surface area contributed by atoms with Crippen molar-refractivity contribution in [1.29, 1.82) is 0 Å². The van der Waals surface area contributed by atoms with Crippen LogP contribution in [-0.2, 0) is 0 Å². The molecule has 2 nitrogen and oxygen atoms in total. The van der Waals surface area contributed by atoms with Crippen molar-refractivity contribution in [2.75, 3.05) is 0 Å². The molecule has 0 fully saturated rings. The van der Waals surface area contributed by atoms with Crippen LogP contribution in [0.3, 0.4) is 0 Å². The first-order chi connectivity index (χ1) is 14.3. The Morgan fingerprint density at radius 2 is 1.31 bits per heavy atom. The molecule has 0 aliphatic rings. The molecule has 0 saturated carbocycles. The van der Waals surface area contributed by atoms with Crippen LogP contribution in [-0.4, -0.2) is 10.1 Å². The average Bonchev–Trinajstić information content (AvgIpc) is 2.78. The number of benzene rings is 5. The fourth-order valence-electron chi connectivity index (χ4n) is 4.36. The zero-order valence-corrected chi connectivity index (χ0v) is 15.6. The van der Waals surface area contributed by atoms with Gasteiger partial charge in [-0.15, -0.1) is 0 Å². The zero-order chi connectivity index (χ0) is 19.4. The molecule has 6 aromatic rings. The fourth-order valence-corrected chi connectivity index (χ4v) is 4.36. The van der Waals surface area contributed by atoms with Crippen molar-refractivity contribution in [3.05, 3.63) is 97.1 Å². The number of rotatable bonds is 1. The second-order valence-corrected chi connectivity index (χ2v) is 7.40. The number of hydrogen-bond donors (Lipinski definition) is 1. The van der Waals surface area contributed by atoms with Crippen molar-refractivity contribution in [2.45, 2.75) is 0 Å². The van der Waals surface area contributed by atoms with Gasteiger partial charge in [0.2, 0.25) is 0 Å². The van der Waals surface area contributed by atoms with E-state index in [1.165, 1.54) is 10.8 Å². The van der Waals surface area contributed by atoms with Crippen molar-refractivity contribution in [1.82, 2.24) is 4.98 Å². The van der Waals surface area contributed by atoms with Gasteiger partial charge in [-0.1, -0.05) is 78.9 Å². The number of phenols is 1. The molecule has 0 atom stereocenters. The first-order valence-electron chi connectivity index (χ1n) is 9.72. The van der Waals surface area contributed by atoms with Gasteiger partial charge in [0.05, 0.1) is 11.2 Å². The molecule has 0 aliphatic carbocycles. The average molecular weight is 371 g/mol. The van der Waals surface area contributed by atoms with E-state index in [4.69, 9.17) is 4.98 Å². The largest absolute Gasteiger partial charge is 0.507 e. The molecule has 0 unspecified atom stereocenters. The van der Waals surface area contributed by atoms with Crippen molar-refractivity contribution in [3.63, 3.8) is 0 Å². The van der Waals surface area contributed by atoms with Crippen LogP contribution in [0.5, 0.6) is 5.75 Å². The molecular formula is C27H17NO. The maximum Gasteiger partial charge on any atom is 0.124 e. The van der Waals surface area contributed by atoms with Crippen LogP contribution in [0.2, 0.25) is 0 Å². The van der Waals surface area contributed by atoms with Crippen LogP contribution in [0.1, 0.15) is 0 Å². The van der Waals surface area contributed by atoms with Gasteiger partial charge >= 0.3 is 0 Å². The second kappa shape index (κ2) is 6.05. The van der Waals surface area contributed by atoms with E-state index in [2.05, 4.69) is 60.7 Å². The van der Waals surface area contributed by atoms with Gasteiger partial charge < -0.3 is 5.11 Å². The van der Waals surface area contributed by atoms with Crippen LogP contribution in [0, 0.1) is 0 Å². The highest BCUT2D eigenvalue weighted by molar-refractivity contribution is 6.24. The number of aromatic hydroxyl groups is 1. The Hall–Kier alpha value is -3.91. The molecule has 2 heteroatoms. The number of para-hydroxylation sites is 1. The summed E-state index contributed by atoms with van der Waals surface area (Å²) in [5, 5.41) is 18.2. The smallest absolute Gasteiger partial charge is 0.124 e. The van der Waals surface area contributed by atoms with Gasteiger partial charge in [-0.25, -0.2) is 4.98 Å². The maximum absolute atomic E-state index is 10.7. The molecule has 0 spiro atoms. The molecule has 0 aliphatic heterocycles. The third-order valence-corrected chi connectivity index (χ3v) is 5.71. The minimum Gasteiger partial charge on any atom is -0.507 e. The lowest BCUT2D eigenvalue weighted by Crippen LogP contribution is -1.91. The summed E-state index contributed by atoms with van der Waals surface area (Å²) in [6, 6.07) is 32.9. The SMILES string of the molecule is Oc1cccc2ccc3c(-c4ccc5ccccc5c4)nc4ccccc4c3c12. The third kappa shape index (κ3) is 2.39. The number of fused-ring (bicyclic) bond motifs is 6. The summed E-state index contributed by atoms with van der Waals surface area (Å²) >= 11 is 0. The van der Waals surface area contributed by atoms with Gasteiger partial charge in [0, 0.05) is 27.1 Å². The molecule has 1 heterocycles. The number of pyridine rings is 1. The van der Waals surface area contributed by atoms with Crippen LogP contribution in [0.15, 0.2) is 97.1 Å². The van der Waals surface area contributed by atoms with Crippen molar-refractivity contribution in [2.24, 2.45) is 0 Å². The van der Waals surface area contributed by atoms with Gasteiger partial charge in [-0.3, -0.25) is 0 Å². The van der Waals surface area contributed by atoms with E-state index < -0.39 is 0 Å². The maximum atomic E-state index is 10.7. The van der Waals surface area contributed by atoms with Crippen LogP contribution in [0.4, 0.5) is 0 Å². The molecule has 0 amide bonds. The molecule has 1 N–H and O–H groups in total. The lowest BCUT2D eigenvalue weighted by molar-refractivity contribution is 0.482. The molecule has 29 heavy (non-hydrogen) atoms. The van der Waals surface area contributed by atoms with Crippen molar-refractivity contribution >= 4 is 43.2 Å². The normalized spacial score (nSPS) is 11.6. The number of phenolic OH excluding ortho intramolecular Hbond substituents is 1. The van der Waals surface area contributed by atoms with Gasteiger partial charge in [-0.2, -0.15) is 0 Å². The van der Waals surface area contributed by atoms with E-state index in [1.54, 1.807) is 6.07 Å². The van der Waals surface area contributed by atoms with Crippen molar-refractivity contribution in [3.8, 4) is 17.0 Å². The fraction of sp³-hybridized carbons (Fsp3) is 0. The Labute approximate surface area is 167 Å². The van der Waals surface area contributed by atoms with Crippen molar-refractivity contribution < 1.29 is 5.11 Å². The molecule has 5 aromatic carbocycles. The Morgan fingerprint density at radius 1 is 0.552 bits per heavy atom. The summed E-state index contributed by atoms with van der Waals surface area (Å²) in [5.74, 6) is 0.300. The van der Waals surface area contributed by atoms with E-state index in [9.17, 15) is 5.11 Å². The van der Waals surface area contributed by atoms with E-state index in [0.29, 0.717) is 5.75 Å². The lowest BCUT2D eigenvalue weighted by Gasteiger charge is -2.14. The zero-order valence-electron chi connectivity index (χ0n) is 15.6. The molecule has 0 bridgehead atoms. The lowest BCUT2D eigenvalue weighted by atomic mass is 9.94. The Balaban J connectivity index is 1.81. The van der Waals surface area contributed by atoms with Crippen LogP contribution in [0.25, 0.3) is 54.5 Å². The quantitative estimate of drug-likeness (QED) is 0.314. The molecule has 6 rings (SSSR count). The first kappa shape index (κ1) is 16.1.